The van der Waals surface area contributed by atoms with Crippen molar-refractivity contribution < 1.29 is 4.79 Å². The van der Waals surface area contributed by atoms with E-state index in [1.165, 1.54) is 12.3 Å². The van der Waals surface area contributed by atoms with Gasteiger partial charge in [-0.15, -0.1) is 0 Å². The molecule has 0 saturated heterocycles. The van der Waals surface area contributed by atoms with Crippen molar-refractivity contribution in [1.82, 2.24) is 15.0 Å². The van der Waals surface area contributed by atoms with Crippen molar-refractivity contribution in [2.75, 3.05) is 0 Å². The van der Waals surface area contributed by atoms with Gasteiger partial charge in [-0.1, -0.05) is 0 Å². The Balaban J connectivity index is 2.90. The topological polar surface area (TPSA) is 102 Å². The summed E-state index contributed by atoms with van der Waals surface area (Å²) in [7, 11) is 0. The van der Waals surface area contributed by atoms with Crippen LogP contribution in [0.1, 0.15) is 16.2 Å². The molecule has 6 heteroatoms. The summed E-state index contributed by atoms with van der Waals surface area (Å²) < 4.78 is 0. The van der Waals surface area contributed by atoms with Crippen molar-refractivity contribution >= 4 is 17.1 Å². The molecule has 0 aliphatic heterocycles. The Morgan fingerprint density at radius 2 is 2.20 bits per heavy atom. The Morgan fingerprint density at radius 3 is 2.87 bits per heavy atom. The summed E-state index contributed by atoms with van der Waals surface area (Å²) in [6.07, 6.45) is 1.47. The minimum Gasteiger partial charge on any atom is -0.364 e. The second kappa shape index (κ2) is 3.16. The van der Waals surface area contributed by atoms with Crippen LogP contribution in [0.3, 0.4) is 0 Å². The van der Waals surface area contributed by atoms with Gasteiger partial charge in [-0.3, -0.25) is 9.59 Å². The lowest BCUT2D eigenvalue weighted by Gasteiger charge is -2.01. The number of pyridine rings is 1. The molecule has 3 N–H and O–H groups in total. The second-order valence-electron chi connectivity index (χ2n) is 3.06. The Hall–Kier alpha value is -2.24. The second-order valence-corrected chi connectivity index (χ2v) is 3.06. The molecule has 2 aromatic rings. The third-order valence-corrected chi connectivity index (χ3v) is 1.99. The average molecular weight is 204 g/mol. The summed E-state index contributed by atoms with van der Waals surface area (Å²) in [6.45, 7) is 1.61. The number of hydrogen-bond acceptors (Lipinski definition) is 4. The molecule has 0 radical (unpaired) electrons. The first-order valence-corrected chi connectivity index (χ1v) is 4.25. The van der Waals surface area contributed by atoms with Gasteiger partial charge in [0, 0.05) is 12.3 Å². The number of amides is 1. The summed E-state index contributed by atoms with van der Waals surface area (Å²) in [5.41, 5.74) is 5.71. The van der Waals surface area contributed by atoms with Crippen molar-refractivity contribution in [3.8, 4) is 0 Å². The summed E-state index contributed by atoms with van der Waals surface area (Å²) in [5.74, 6) is -0.690. The number of hydrogen-bond donors (Lipinski definition) is 2. The van der Waals surface area contributed by atoms with Crippen LogP contribution < -0.4 is 11.2 Å². The highest BCUT2D eigenvalue weighted by Gasteiger charge is 2.11. The predicted molar refractivity (Wildman–Crippen MR) is 53.4 cm³/mol. The molecule has 0 aliphatic rings. The van der Waals surface area contributed by atoms with Gasteiger partial charge in [0.2, 0.25) is 5.43 Å². The Bertz CT molecular complexity index is 603. The quantitative estimate of drug-likeness (QED) is 0.667. The number of fused-ring (bicyclic) bond motifs is 1. The SMILES string of the molecule is Cc1nc2[nH]ccc(=O)c2nc1C(N)=O. The number of primary amides is 1. The fourth-order valence-electron chi connectivity index (χ4n) is 1.30. The van der Waals surface area contributed by atoms with E-state index < -0.39 is 5.91 Å². The van der Waals surface area contributed by atoms with Gasteiger partial charge >= 0.3 is 0 Å². The molecule has 2 rings (SSSR count). The van der Waals surface area contributed by atoms with Gasteiger partial charge in [-0.05, 0) is 6.92 Å². The van der Waals surface area contributed by atoms with Gasteiger partial charge in [0.15, 0.2) is 11.2 Å². The van der Waals surface area contributed by atoms with Gasteiger partial charge in [-0.2, -0.15) is 0 Å². The first-order valence-electron chi connectivity index (χ1n) is 4.25. The van der Waals surface area contributed by atoms with Gasteiger partial charge in [0.05, 0.1) is 5.69 Å². The van der Waals surface area contributed by atoms with Crippen LogP contribution in [0.2, 0.25) is 0 Å². The molecule has 0 aliphatic carbocycles. The monoisotopic (exact) mass is 204 g/mol. The number of aryl methyl sites for hydroxylation is 1. The number of carbonyl (C=O) groups excluding carboxylic acids is 1. The normalized spacial score (nSPS) is 10.5. The molecule has 0 fully saturated rings. The average Bonchev–Trinajstić information content (AvgIpc) is 2.16. The summed E-state index contributed by atoms with van der Waals surface area (Å²) in [5, 5.41) is 0. The van der Waals surface area contributed by atoms with Crippen LogP contribution in [-0.2, 0) is 0 Å². The van der Waals surface area contributed by atoms with E-state index in [1.54, 1.807) is 6.92 Å². The van der Waals surface area contributed by atoms with E-state index in [4.69, 9.17) is 5.73 Å². The molecular formula is C9H8N4O2. The first kappa shape index (κ1) is 9.32. The third kappa shape index (κ3) is 1.45. The van der Waals surface area contributed by atoms with E-state index in [-0.39, 0.29) is 16.6 Å². The van der Waals surface area contributed by atoms with Crippen LogP contribution in [-0.4, -0.2) is 20.9 Å². The number of aromatic amines is 1. The standard InChI is InChI=1S/C9H8N4O2/c1-4-6(8(10)15)13-7-5(14)2-3-11-9(7)12-4/h2-3H,1H3,(H2,10,15)(H,11,12,14). The highest BCUT2D eigenvalue weighted by atomic mass is 16.1. The molecule has 0 spiro atoms. The van der Waals surface area contributed by atoms with Gasteiger partial charge in [-0.25, -0.2) is 9.97 Å². The van der Waals surface area contributed by atoms with E-state index in [9.17, 15) is 9.59 Å². The zero-order valence-electron chi connectivity index (χ0n) is 7.94. The van der Waals surface area contributed by atoms with E-state index >= 15 is 0 Å². The maximum absolute atomic E-state index is 11.4. The van der Waals surface area contributed by atoms with Crippen LogP contribution in [0.4, 0.5) is 0 Å². The first-order chi connectivity index (χ1) is 7.09. The molecular weight excluding hydrogens is 196 g/mol. The van der Waals surface area contributed by atoms with E-state index in [1.807, 2.05) is 0 Å². The minimum atomic E-state index is -0.690. The van der Waals surface area contributed by atoms with Gasteiger partial charge < -0.3 is 10.7 Å². The largest absolute Gasteiger partial charge is 0.364 e. The van der Waals surface area contributed by atoms with E-state index in [0.29, 0.717) is 11.3 Å². The summed E-state index contributed by atoms with van der Waals surface area (Å²) in [6, 6.07) is 1.32. The molecule has 1 amide bonds. The van der Waals surface area contributed by atoms with Crippen LogP contribution >= 0.6 is 0 Å². The number of rotatable bonds is 1. The molecule has 15 heavy (non-hydrogen) atoms. The predicted octanol–water partition coefficient (Wildman–Crippen LogP) is -0.275. The fraction of sp³-hybridized carbons (Fsp3) is 0.111. The van der Waals surface area contributed by atoms with Crippen molar-refractivity contribution in [2.45, 2.75) is 6.92 Å². The molecule has 76 valence electrons. The molecule has 2 aromatic heterocycles. The lowest BCUT2D eigenvalue weighted by atomic mass is 10.3. The highest BCUT2D eigenvalue weighted by Crippen LogP contribution is 2.05. The Morgan fingerprint density at radius 1 is 1.47 bits per heavy atom. The molecule has 0 unspecified atom stereocenters. The van der Waals surface area contributed by atoms with Crippen LogP contribution in [0, 0.1) is 6.92 Å². The van der Waals surface area contributed by atoms with Crippen LogP contribution in [0.5, 0.6) is 0 Å². The van der Waals surface area contributed by atoms with Crippen molar-refractivity contribution in [2.24, 2.45) is 5.73 Å². The van der Waals surface area contributed by atoms with Gasteiger partial charge in [0.25, 0.3) is 5.91 Å². The van der Waals surface area contributed by atoms with E-state index in [2.05, 4.69) is 15.0 Å². The lowest BCUT2D eigenvalue weighted by molar-refractivity contribution is 0.0995. The number of aromatic nitrogens is 3. The molecule has 0 aromatic carbocycles. The number of carbonyl (C=O) groups is 1. The summed E-state index contributed by atoms with van der Waals surface area (Å²) in [4.78, 5) is 33.1. The number of nitrogens with zero attached hydrogens (tertiary/aromatic N) is 2. The maximum atomic E-state index is 11.4. The van der Waals surface area contributed by atoms with E-state index in [0.717, 1.165) is 0 Å². The Kier molecular flexibility index (Phi) is 1.96. The fourth-order valence-corrected chi connectivity index (χ4v) is 1.30. The molecule has 0 bridgehead atoms. The smallest absolute Gasteiger partial charge is 0.269 e. The van der Waals surface area contributed by atoms with Crippen molar-refractivity contribution in [1.29, 1.82) is 0 Å². The highest BCUT2D eigenvalue weighted by molar-refractivity contribution is 5.93. The minimum absolute atomic E-state index is 0.0270. The zero-order chi connectivity index (χ0) is 11.0. The molecule has 2 heterocycles. The van der Waals surface area contributed by atoms with Crippen LogP contribution in [0.25, 0.3) is 11.2 Å². The van der Waals surface area contributed by atoms with Gasteiger partial charge in [0.1, 0.15) is 5.69 Å². The molecule has 0 atom stereocenters. The number of H-pyrrole nitrogens is 1. The number of nitrogens with one attached hydrogen (secondary N) is 1. The van der Waals surface area contributed by atoms with Crippen molar-refractivity contribution in [3.05, 3.63) is 33.9 Å². The molecule has 6 nitrogen and oxygen atoms in total. The van der Waals surface area contributed by atoms with Crippen LogP contribution in [0.15, 0.2) is 17.1 Å². The molecule has 0 saturated carbocycles. The lowest BCUT2D eigenvalue weighted by Crippen LogP contribution is -2.18. The maximum Gasteiger partial charge on any atom is 0.269 e. The number of nitrogens with two attached hydrogens (primary N) is 1. The zero-order valence-corrected chi connectivity index (χ0v) is 7.94. The van der Waals surface area contributed by atoms with Crippen molar-refractivity contribution in [3.63, 3.8) is 0 Å². The Labute approximate surface area is 84.2 Å². The summed E-state index contributed by atoms with van der Waals surface area (Å²) >= 11 is 0. The third-order valence-electron chi connectivity index (χ3n) is 1.99.